The standard InChI is InChI=1S/C12H22N4/c1-6-10(4)16(7-2)11-8-9(3)14-12(13-5)15-11/h8,10H,6-7H2,1-5H3,(H,13,14,15). The highest BCUT2D eigenvalue weighted by molar-refractivity contribution is 5.45. The van der Waals surface area contributed by atoms with Crippen molar-refractivity contribution in [1.82, 2.24) is 9.97 Å². The van der Waals surface area contributed by atoms with Gasteiger partial charge < -0.3 is 10.2 Å². The molecule has 0 bridgehead atoms. The van der Waals surface area contributed by atoms with E-state index in [1.54, 1.807) is 0 Å². The van der Waals surface area contributed by atoms with E-state index in [1.165, 1.54) is 0 Å². The third-order valence-corrected chi connectivity index (χ3v) is 2.82. The summed E-state index contributed by atoms with van der Waals surface area (Å²) in [6.07, 6.45) is 1.12. The lowest BCUT2D eigenvalue weighted by Gasteiger charge is -2.28. The summed E-state index contributed by atoms with van der Waals surface area (Å²) in [5.41, 5.74) is 0.996. The Morgan fingerprint density at radius 3 is 2.56 bits per heavy atom. The van der Waals surface area contributed by atoms with Gasteiger partial charge in [0.25, 0.3) is 0 Å². The van der Waals surface area contributed by atoms with Crippen LogP contribution in [0.1, 0.15) is 32.9 Å². The van der Waals surface area contributed by atoms with Crippen LogP contribution < -0.4 is 10.2 Å². The molecular formula is C12H22N4. The van der Waals surface area contributed by atoms with E-state index < -0.39 is 0 Å². The molecule has 0 saturated heterocycles. The summed E-state index contributed by atoms with van der Waals surface area (Å²) >= 11 is 0. The second kappa shape index (κ2) is 5.68. The van der Waals surface area contributed by atoms with Gasteiger partial charge in [-0.15, -0.1) is 0 Å². The Balaban J connectivity index is 3.04. The topological polar surface area (TPSA) is 41.1 Å². The van der Waals surface area contributed by atoms with Crippen LogP contribution in [0.25, 0.3) is 0 Å². The maximum absolute atomic E-state index is 4.50. The molecule has 0 aliphatic carbocycles. The van der Waals surface area contributed by atoms with Crippen LogP contribution in [0.2, 0.25) is 0 Å². The van der Waals surface area contributed by atoms with Crippen LogP contribution in [0.5, 0.6) is 0 Å². The number of anilines is 2. The molecule has 1 rings (SSSR count). The van der Waals surface area contributed by atoms with Gasteiger partial charge in [0, 0.05) is 31.4 Å². The van der Waals surface area contributed by atoms with Crippen LogP contribution in [0.3, 0.4) is 0 Å². The summed E-state index contributed by atoms with van der Waals surface area (Å²) in [4.78, 5) is 11.1. The number of nitrogens with one attached hydrogen (secondary N) is 1. The van der Waals surface area contributed by atoms with E-state index in [9.17, 15) is 0 Å². The van der Waals surface area contributed by atoms with Gasteiger partial charge in [-0.1, -0.05) is 6.92 Å². The fraction of sp³-hybridized carbons (Fsp3) is 0.667. The average molecular weight is 222 g/mol. The van der Waals surface area contributed by atoms with E-state index >= 15 is 0 Å². The second-order valence-electron chi connectivity index (χ2n) is 3.98. The van der Waals surface area contributed by atoms with E-state index in [-0.39, 0.29) is 0 Å². The first-order valence-electron chi connectivity index (χ1n) is 5.92. The van der Waals surface area contributed by atoms with Gasteiger partial charge in [-0.3, -0.25) is 0 Å². The van der Waals surface area contributed by atoms with E-state index in [0.29, 0.717) is 12.0 Å². The molecule has 0 fully saturated rings. The third-order valence-electron chi connectivity index (χ3n) is 2.82. The Bertz CT molecular complexity index is 338. The smallest absolute Gasteiger partial charge is 0.224 e. The lowest BCUT2D eigenvalue weighted by Crippen LogP contribution is -2.33. The molecule has 0 aromatic carbocycles. The summed E-state index contributed by atoms with van der Waals surface area (Å²) in [5, 5.41) is 3.00. The zero-order chi connectivity index (χ0) is 12.1. The van der Waals surface area contributed by atoms with Crippen molar-refractivity contribution < 1.29 is 0 Å². The quantitative estimate of drug-likeness (QED) is 0.831. The summed E-state index contributed by atoms with van der Waals surface area (Å²) in [7, 11) is 1.85. The van der Waals surface area contributed by atoms with E-state index in [1.807, 2.05) is 20.0 Å². The molecule has 1 N–H and O–H groups in total. The van der Waals surface area contributed by atoms with Crippen molar-refractivity contribution >= 4 is 11.8 Å². The molecule has 1 aromatic rings. The third kappa shape index (κ3) is 2.84. The van der Waals surface area contributed by atoms with Crippen LogP contribution in [-0.4, -0.2) is 29.6 Å². The number of aryl methyl sites for hydroxylation is 1. The van der Waals surface area contributed by atoms with E-state index in [0.717, 1.165) is 24.5 Å². The molecule has 0 amide bonds. The molecule has 0 aliphatic heterocycles. The molecule has 0 spiro atoms. The molecule has 1 aromatic heterocycles. The van der Waals surface area contributed by atoms with Crippen LogP contribution >= 0.6 is 0 Å². The van der Waals surface area contributed by atoms with Crippen molar-refractivity contribution in [2.75, 3.05) is 23.8 Å². The molecule has 0 aliphatic rings. The van der Waals surface area contributed by atoms with Gasteiger partial charge >= 0.3 is 0 Å². The predicted molar refractivity (Wildman–Crippen MR) is 69.1 cm³/mol. The number of hydrogen-bond donors (Lipinski definition) is 1. The van der Waals surface area contributed by atoms with Crippen molar-refractivity contribution in [2.45, 2.75) is 40.2 Å². The van der Waals surface area contributed by atoms with Crippen LogP contribution in [0, 0.1) is 6.92 Å². The molecule has 90 valence electrons. The highest BCUT2D eigenvalue weighted by atomic mass is 15.2. The van der Waals surface area contributed by atoms with Crippen LogP contribution in [0.4, 0.5) is 11.8 Å². The summed E-state index contributed by atoms with van der Waals surface area (Å²) in [6.45, 7) is 9.54. The minimum absolute atomic E-state index is 0.504. The van der Waals surface area contributed by atoms with Gasteiger partial charge in [0.1, 0.15) is 5.82 Å². The second-order valence-corrected chi connectivity index (χ2v) is 3.98. The lowest BCUT2D eigenvalue weighted by atomic mass is 10.2. The summed E-state index contributed by atoms with van der Waals surface area (Å²) in [6, 6.07) is 2.54. The fourth-order valence-corrected chi connectivity index (χ4v) is 1.73. The normalized spacial score (nSPS) is 12.3. The first kappa shape index (κ1) is 12.7. The van der Waals surface area contributed by atoms with Crippen molar-refractivity contribution in [2.24, 2.45) is 0 Å². The van der Waals surface area contributed by atoms with E-state index in [4.69, 9.17) is 0 Å². The minimum Gasteiger partial charge on any atom is -0.357 e. The van der Waals surface area contributed by atoms with Gasteiger partial charge in [-0.25, -0.2) is 4.98 Å². The Morgan fingerprint density at radius 2 is 2.06 bits per heavy atom. The van der Waals surface area contributed by atoms with Crippen molar-refractivity contribution in [3.8, 4) is 0 Å². The van der Waals surface area contributed by atoms with Crippen LogP contribution in [0.15, 0.2) is 6.07 Å². The molecule has 4 heteroatoms. The maximum Gasteiger partial charge on any atom is 0.224 e. The molecule has 1 atom stereocenters. The Kier molecular flexibility index (Phi) is 4.52. The number of hydrogen-bond acceptors (Lipinski definition) is 4. The SMILES string of the molecule is CCC(C)N(CC)c1cc(C)nc(NC)n1. The number of rotatable bonds is 5. The highest BCUT2D eigenvalue weighted by Gasteiger charge is 2.13. The maximum atomic E-state index is 4.50. The van der Waals surface area contributed by atoms with Crippen LogP contribution in [-0.2, 0) is 0 Å². The van der Waals surface area contributed by atoms with Crippen molar-refractivity contribution in [3.63, 3.8) is 0 Å². The average Bonchev–Trinajstić information content (AvgIpc) is 2.29. The van der Waals surface area contributed by atoms with E-state index in [2.05, 4.69) is 41.0 Å². The zero-order valence-corrected chi connectivity index (χ0v) is 10.9. The first-order chi connectivity index (χ1) is 7.62. The summed E-state index contributed by atoms with van der Waals surface area (Å²) < 4.78 is 0. The molecule has 4 nitrogen and oxygen atoms in total. The largest absolute Gasteiger partial charge is 0.357 e. The Labute approximate surface area is 98.1 Å². The fourth-order valence-electron chi connectivity index (χ4n) is 1.73. The lowest BCUT2D eigenvalue weighted by molar-refractivity contribution is 0.622. The van der Waals surface area contributed by atoms with Crippen molar-refractivity contribution in [3.05, 3.63) is 11.8 Å². The molecule has 0 saturated carbocycles. The summed E-state index contributed by atoms with van der Waals surface area (Å²) in [5.74, 6) is 1.70. The highest BCUT2D eigenvalue weighted by Crippen LogP contribution is 2.18. The zero-order valence-electron chi connectivity index (χ0n) is 10.9. The first-order valence-corrected chi connectivity index (χ1v) is 5.92. The molecule has 0 radical (unpaired) electrons. The molecular weight excluding hydrogens is 200 g/mol. The van der Waals surface area contributed by atoms with Gasteiger partial charge in [0.05, 0.1) is 0 Å². The van der Waals surface area contributed by atoms with Gasteiger partial charge in [-0.2, -0.15) is 4.98 Å². The Morgan fingerprint density at radius 1 is 1.38 bits per heavy atom. The van der Waals surface area contributed by atoms with Gasteiger partial charge in [0.2, 0.25) is 5.95 Å². The van der Waals surface area contributed by atoms with Gasteiger partial charge in [0.15, 0.2) is 0 Å². The molecule has 1 heterocycles. The number of aromatic nitrogens is 2. The molecule has 16 heavy (non-hydrogen) atoms. The van der Waals surface area contributed by atoms with Gasteiger partial charge in [-0.05, 0) is 27.2 Å². The number of nitrogens with zero attached hydrogens (tertiary/aromatic N) is 3. The Hall–Kier alpha value is -1.32. The van der Waals surface area contributed by atoms with Crippen molar-refractivity contribution in [1.29, 1.82) is 0 Å². The molecule has 1 unspecified atom stereocenters. The predicted octanol–water partition coefficient (Wildman–Crippen LogP) is 2.45. The monoisotopic (exact) mass is 222 g/mol. The minimum atomic E-state index is 0.504.